The highest BCUT2D eigenvalue weighted by Crippen LogP contribution is 2.35. The van der Waals surface area contributed by atoms with Crippen LogP contribution in [0.15, 0.2) is 29.2 Å². The van der Waals surface area contributed by atoms with Gasteiger partial charge < -0.3 is 15.0 Å². The number of carbonyl (C=O) groups is 2. The zero-order chi connectivity index (χ0) is 24.5. The van der Waals surface area contributed by atoms with E-state index >= 15 is 0 Å². The Kier molecular flexibility index (Phi) is 7.42. The van der Waals surface area contributed by atoms with Gasteiger partial charge in [0.05, 0.1) is 35.5 Å². The smallest absolute Gasteiger partial charge is 0.341 e. The summed E-state index contributed by atoms with van der Waals surface area (Å²) in [6.07, 6.45) is 3.50. The number of nitrogens with zero attached hydrogens (tertiary/aromatic N) is 1. The number of piperidine rings is 1. The minimum absolute atomic E-state index is 0.0335. The van der Waals surface area contributed by atoms with E-state index in [0.29, 0.717) is 22.7 Å². The molecular formula is C24H32N3O5S2+. The number of hydrogen-bond donors (Lipinski definition) is 2. The Hall–Kier alpha value is -2.27. The van der Waals surface area contributed by atoms with Gasteiger partial charge in [-0.1, -0.05) is 6.42 Å². The van der Waals surface area contributed by atoms with Crippen molar-refractivity contribution in [2.75, 3.05) is 32.1 Å². The summed E-state index contributed by atoms with van der Waals surface area (Å²) < 4.78 is 32.7. The fourth-order valence-electron chi connectivity index (χ4n) is 4.76. The third-order valence-corrected chi connectivity index (χ3v) is 9.99. The minimum atomic E-state index is -3.60. The molecule has 1 amide bonds. The molecule has 2 N–H and O–H groups in total. The quantitative estimate of drug-likeness (QED) is 0.586. The van der Waals surface area contributed by atoms with Gasteiger partial charge in [-0.2, -0.15) is 4.31 Å². The van der Waals surface area contributed by atoms with Crippen molar-refractivity contribution in [3.63, 3.8) is 0 Å². The topological polar surface area (TPSA) is 97.2 Å². The van der Waals surface area contributed by atoms with Crippen LogP contribution in [0.1, 0.15) is 64.3 Å². The molecule has 2 aromatic rings. The molecule has 0 radical (unpaired) electrons. The summed E-state index contributed by atoms with van der Waals surface area (Å²) in [5.41, 5.74) is 1.72. The van der Waals surface area contributed by atoms with E-state index in [4.69, 9.17) is 4.74 Å². The number of amides is 1. The molecule has 1 aromatic carbocycles. The molecule has 0 aliphatic carbocycles. The van der Waals surface area contributed by atoms with Crippen LogP contribution in [0.5, 0.6) is 0 Å². The first-order chi connectivity index (χ1) is 16.3. The molecule has 2 aliphatic heterocycles. The number of fused-ring (bicyclic) bond motifs is 1. The zero-order valence-corrected chi connectivity index (χ0v) is 21.5. The number of anilines is 1. The summed E-state index contributed by atoms with van der Waals surface area (Å²) in [4.78, 5) is 28.2. The van der Waals surface area contributed by atoms with E-state index < -0.39 is 21.9 Å². The summed E-state index contributed by atoms with van der Waals surface area (Å²) in [5.74, 6) is -0.844. The molecule has 184 valence electrons. The Balaban J connectivity index is 1.55. The van der Waals surface area contributed by atoms with Gasteiger partial charge in [-0.3, -0.25) is 4.79 Å². The van der Waals surface area contributed by atoms with Crippen LogP contribution < -0.4 is 10.2 Å². The van der Waals surface area contributed by atoms with E-state index in [1.807, 2.05) is 6.92 Å². The highest BCUT2D eigenvalue weighted by atomic mass is 32.2. The van der Waals surface area contributed by atoms with Crippen molar-refractivity contribution in [1.29, 1.82) is 0 Å². The van der Waals surface area contributed by atoms with Gasteiger partial charge >= 0.3 is 5.97 Å². The van der Waals surface area contributed by atoms with Gasteiger partial charge in [0.2, 0.25) is 10.0 Å². The van der Waals surface area contributed by atoms with Crippen LogP contribution in [0.4, 0.5) is 5.00 Å². The number of quaternary nitrogens is 1. The average molecular weight is 507 g/mol. The Morgan fingerprint density at radius 3 is 2.62 bits per heavy atom. The normalized spacial score (nSPS) is 21.0. The zero-order valence-electron chi connectivity index (χ0n) is 19.8. The fraction of sp³-hybridized carbons (Fsp3) is 0.500. The van der Waals surface area contributed by atoms with Crippen molar-refractivity contribution in [2.45, 2.75) is 57.0 Å². The molecule has 10 heteroatoms. The molecule has 34 heavy (non-hydrogen) atoms. The summed E-state index contributed by atoms with van der Waals surface area (Å²) >= 11 is 1.42. The maximum atomic E-state index is 13.1. The standard InChI is InChI=1S/C24H31N3O5S2/c1-4-26-14-12-19-20(15-26)33-23(21(19)24(29)32-3)25-22(28)17-8-10-18(11-9-17)34(30,31)27-13-6-5-7-16(27)2/h8-11,16H,4-7,12-15H2,1-3H3,(H,25,28)/p+1. The first-order valence-corrected chi connectivity index (χ1v) is 14.0. The predicted molar refractivity (Wildman–Crippen MR) is 131 cm³/mol. The van der Waals surface area contributed by atoms with Gasteiger partial charge in [0.15, 0.2) is 0 Å². The van der Waals surface area contributed by atoms with Crippen molar-refractivity contribution in [2.24, 2.45) is 0 Å². The third kappa shape index (κ3) is 4.77. The van der Waals surface area contributed by atoms with E-state index in [9.17, 15) is 18.0 Å². The molecule has 0 bridgehead atoms. The van der Waals surface area contributed by atoms with E-state index in [-0.39, 0.29) is 10.9 Å². The molecule has 1 aromatic heterocycles. The Labute approximate surface area is 204 Å². The highest BCUT2D eigenvalue weighted by Gasteiger charge is 2.32. The third-order valence-electron chi connectivity index (χ3n) is 6.81. The lowest BCUT2D eigenvalue weighted by Gasteiger charge is -2.32. The largest absolute Gasteiger partial charge is 0.465 e. The molecule has 2 unspecified atom stereocenters. The molecule has 2 atom stereocenters. The number of likely N-dealkylation sites (N-methyl/N-ethyl adjacent to an activating group) is 1. The Bertz CT molecular complexity index is 1170. The molecule has 0 spiro atoms. The average Bonchev–Trinajstić information content (AvgIpc) is 3.20. The monoisotopic (exact) mass is 506 g/mol. The lowest BCUT2D eigenvalue weighted by molar-refractivity contribution is -0.913. The van der Waals surface area contributed by atoms with E-state index in [0.717, 1.165) is 55.8 Å². The maximum absolute atomic E-state index is 13.1. The van der Waals surface area contributed by atoms with E-state index in [1.54, 1.807) is 4.31 Å². The van der Waals surface area contributed by atoms with Crippen molar-refractivity contribution >= 4 is 38.2 Å². The predicted octanol–water partition coefficient (Wildman–Crippen LogP) is 2.31. The van der Waals surface area contributed by atoms with Crippen LogP contribution in [-0.4, -0.2) is 57.4 Å². The minimum Gasteiger partial charge on any atom is -0.465 e. The molecular weight excluding hydrogens is 474 g/mol. The molecule has 1 fully saturated rings. The van der Waals surface area contributed by atoms with Gasteiger partial charge in [-0.15, -0.1) is 11.3 Å². The number of sulfonamides is 1. The second kappa shape index (κ2) is 10.2. The number of rotatable bonds is 6. The summed E-state index contributed by atoms with van der Waals surface area (Å²) in [5, 5.41) is 3.35. The van der Waals surface area contributed by atoms with Gasteiger partial charge in [-0.05, 0) is 56.5 Å². The van der Waals surface area contributed by atoms with E-state index in [2.05, 4.69) is 12.2 Å². The van der Waals surface area contributed by atoms with Gasteiger partial charge in [0.1, 0.15) is 11.5 Å². The fourth-order valence-corrected chi connectivity index (χ4v) is 7.76. The number of nitrogens with one attached hydrogen (secondary N) is 2. The van der Waals surface area contributed by atoms with Crippen LogP contribution >= 0.6 is 11.3 Å². The highest BCUT2D eigenvalue weighted by molar-refractivity contribution is 7.89. The van der Waals surface area contributed by atoms with Crippen LogP contribution in [0.2, 0.25) is 0 Å². The number of esters is 1. The van der Waals surface area contributed by atoms with Crippen LogP contribution in [0.25, 0.3) is 0 Å². The van der Waals surface area contributed by atoms with Crippen LogP contribution in [0.3, 0.4) is 0 Å². The number of thiophene rings is 1. The first-order valence-electron chi connectivity index (χ1n) is 11.8. The molecule has 2 aliphatic rings. The van der Waals surface area contributed by atoms with Crippen molar-refractivity contribution < 1.29 is 27.6 Å². The number of hydrogen-bond acceptors (Lipinski definition) is 6. The van der Waals surface area contributed by atoms with Gasteiger partial charge in [0.25, 0.3) is 5.91 Å². The van der Waals surface area contributed by atoms with Gasteiger partial charge in [-0.25, -0.2) is 13.2 Å². The van der Waals surface area contributed by atoms with Crippen LogP contribution in [0, 0.1) is 0 Å². The van der Waals surface area contributed by atoms with E-state index in [1.165, 1.54) is 47.6 Å². The summed E-state index contributed by atoms with van der Waals surface area (Å²) in [6.45, 7) is 7.33. The van der Waals surface area contributed by atoms with Crippen molar-refractivity contribution in [3.05, 3.63) is 45.8 Å². The molecule has 3 heterocycles. The lowest BCUT2D eigenvalue weighted by Crippen LogP contribution is -3.11. The number of ether oxygens (including phenoxy) is 1. The van der Waals surface area contributed by atoms with Gasteiger partial charge in [0, 0.05) is 24.6 Å². The SMILES string of the molecule is CC[NH+]1CCc2c(sc(NC(=O)c3ccc(S(=O)(=O)N4CCCCC4C)cc3)c2C(=O)OC)C1. The number of benzene rings is 1. The molecule has 8 nitrogen and oxygen atoms in total. The summed E-state index contributed by atoms with van der Waals surface area (Å²) in [7, 11) is -2.26. The number of carbonyl (C=O) groups excluding carboxylic acids is 2. The van der Waals surface area contributed by atoms with Crippen molar-refractivity contribution in [1.82, 2.24) is 4.31 Å². The Morgan fingerprint density at radius 1 is 1.24 bits per heavy atom. The summed E-state index contributed by atoms with van der Waals surface area (Å²) in [6, 6.07) is 5.97. The molecule has 4 rings (SSSR count). The maximum Gasteiger partial charge on any atom is 0.341 e. The second-order valence-electron chi connectivity index (χ2n) is 8.92. The lowest BCUT2D eigenvalue weighted by atomic mass is 10.0. The van der Waals surface area contributed by atoms with Crippen LogP contribution in [-0.2, 0) is 27.7 Å². The first kappa shape index (κ1) is 24.8. The van der Waals surface area contributed by atoms with Crippen molar-refractivity contribution in [3.8, 4) is 0 Å². The number of methoxy groups -OCH3 is 1. The molecule has 1 saturated heterocycles. The molecule has 0 saturated carbocycles. The Morgan fingerprint density at radius 2 is 1.97 bits per heavy atom. The second-order valence-corrected chi connectivity index (χ2v) is 11.9.